The zero-order chi connectivity index (χ0) is 20.5. The topological polar surface area (TPSA) is 100 Å². The molecule has 1 aromatic rings. The Labute approximate surface area is 169 Å². The summed E-state index contributed by atoms with van der Waals surface area (Å²) in [7, 11) is 0. The van der Waals surface area contributed by atoms with Crippen molar-refractivity contribution in [1.82, 2.24) is 19.6 Å². The summed E-state index contributed by atoms with van der Waals surface area (Å²) in [6.07, 6.45) is 4.64. The molecule has 1 N–H and O–H groups in total. The zero-order valence-corrected chi connectivity index (χ0v) is 17.1. The van der Waals surface area contributed by atoms with Crippen molar-refractivity contribution in [3.8, 4) is 0 Å². The molecule has 0 aliphatic carbocycles. The van der Waals surface area contributed by atoms with Crippen LogP contribution < -0.4 is 0 Å². The van der Waals surface area contributed by atoms with Crippen LogP contribution in [-0.2, 0) is 21.0 Å². The second-order valence-corrected chi connectivity index (χ2v) is 7.52. The number of hydrogen-bond acceptors (Lipinski definition) is 6. The number of hydrogen-bond donors (Lipinski definition) is 1. The van der Waals surface area contributed by atoms with Crippen LogP contribution in [0.5, 0.6) is 0 Å². The third-order valence-electron chi connectivity index (χ3n) is 4.78. The van der Waals surface area contributed by atoms with Crippen LogP contribution in [0.25, 0.3) is 0 Å². The van der Waals surface area contributed by atoms with E-state index in [1.807, 2.05) is 15.8 Å². The average molecular weight is 414 g/mol. The van der Waals surface area contributed by atoms with E-state index in [1.165, 1.54) is 0 Å². The molecular formula is C18H28ClN5O4. The Morgan fingerprint density at radius 2 is 2.11 bits per heavy atom. The SMILES string of the molecule is CC(C)C1=NOC(C(=O)N2CCCN(CCn3cc(Cl)cn3)CC2)C1.O=CO. The van der Waals surface area contributed by atoms with Crippen molar-refractivity contribution in [2.24, 2.45) is 11.1 Å². The molecule has 1 fully saturated rings. The first-order chi connectivity index (χ1) is 13.4. The van der Waals surface area contributed by atoms with E-state index in [9.17, 15) is 4.79 Å². The quantitative estimate of drug-likeness (QED) is 0.735. The molecule has 0 bridgehead atoms. The van der Waals surface area contributed by atoms with Crippen LogP contribution in [0.3, 0.4) is 0 Å². The molecule has 0 radical (unpaired) electrons. The van der Waals surface area contributed by atoms with E-state index in [0.29, 0.717) is 17.4 Å². The van der Waals surface area contributed by atoms with Crippen LogP contribution in [0.2, 0.25) is 5.02 Å². The highest BCUT2D eigenvalue weighted by Crippen LogP contribution is 2.19. The largest absolute Gasteiger partial charge is 0.483 e. The van der Waals surface area contributed by atoms with Gasteiger partial charge in [0.05, 0.1) is 23.5 Å². The second-order valence-electron chi connectivity index (χ2n) is 7.08. The highest BCUT2D eigenvalue weighted by atomic mass is 35.5. The normalized spacial score (nSPS) is 20.1. The van der Waals surface area contributed by atoms with Crippen molar-refractivity contribution in [3.63, 3.8) is 0 Å². The second kappa shape index (κ2) is 11.0. The van der Waals surface area contributed by atoms with Gasteiger partial charge in [-0.25, -0.2) is 0 Å². The Hall–Kier alpha value is -2.13. The van der Waals surface area contributed by atoms with Gasteiger partial charge in [-0.1, -0.05) is 30.6 Å². The number of carboxylic acid groups (broad SMARTS) is 1. The summed E-state index contributed by atoms with van der Waals surface area (Å²) in [5, 5.41) is 15.8. The number of rotatable bonds is 5. The Morgan fingerprint density at radius 3 is 2.71 bits per heavy atom. The molecule has 9 nitrogen and oxygen atoms in total. The van der Waals surface area contributed by atoms with Crippen molar-refractivity contribution in [2.75, 3.05) is 32.7 Å². The van der Waals surface area contributed by atoms with Gasteiger partial charge < -0.3 is 14.8 Å². The Morgan fingerprint density at radius 1 is 1.36 bits per heavy atom. The number of nitrogens with zero attached hydrogens (tertiary/aromatic N) is 5. The molecule has 10 heteroatoms. The molecule has 3 rings (SSSR count). The fourth-order valence-corrected chi connectivity index (χ4v) is 3.35. The van der Waals surface area contributed by atoms with E-state index in [1.54, 1.807) is 6.20 Å². The molecule has 1 amide bonds. The van der Waals surface area contributed by atoms with E-state index >= 15 is 0 Å². The van der Waals surface area contributed by atoms with E-state index in [0.717, 1.165) is 51.4 Å². The summed E-state index contributed by atoms with van der Waals surface area (Å²) in [5.41, 5.74) is 0.979. The number of oxime groups is 1. The van der Waals surface area contributed by atoms with E-state index < -0.39 is 6.10 Å². The third kappa shape index (κ3) is 6.49. The number of carbonyl (C=O) groups excluding carboxylic acids is 1. The average Bonchev–Trinajstić information content (AvgIpc) is 3.25. The van der Waals surface area contributed by atoms with Crippen LogP contribution in [0.1, 0.15) is 26.7 Å². The van der Waals surface area contributed by atoms with Gasteiger partial charge >= 0.3 is 0 Å². The van der Waals surface area contributed by atoms with E-state index in [-0.39, 0.29) is 12.4 Å². The molecule has 1 aromatic heterocycles. The highest BCUT2D eigenvalue weighted by molar-refractivity contribution is 6.30. The third-order valence-corrected chi connectivity index (χ3v) is 4.98. The summed E-state index contributed by atoms with van der Waals surface area (Å²) >= 11 is 5.89. The molecule has 0 spiro atoms. The minimum Gasteiger partial charge on any atom is -0.483 e. The van der Waals surface area contributed by atoms with Gasteiger partial charge in [0.1, 0.15) is 0 Å². The summed E-state index contributed by atoms with van der Waals surface area (Å²) in [6.45, 7) is 8.97. The summed E-state index contributed by atoms with van der Waals surface area (Å²) < 4.78 is 1.85. The lowest BCUT2D eigenvalue weighted by atomic mass is 10.0. The molecule has 0 aromatic carbocycles. The van der Waals surface area contributed by atoms with Gasteiger partial charge in [-0.3, -0.25) is 19.2 Å². The lowest BCUT2D eigenvalue weighted by Gasteiger charge is -2.23. The summed E-state index contributed by atoms with van der Waals surface area (Å²) in [4.78, 5) is 30.7. The van der Waals surface area contributed by atoms with E-state index in [2.05, 4.69) is 29.0 Å². The number of aromatic nitrogens is 2. The van der Waals surface area contributed by atoms with Gasteiger partial charge in [-0.15, -0.1) is 0 Å². The van der Waals surface area contributed by atoms with Gasteiger partial charge in [-0.05, 0) is 18.9 Å². The molecule has 3 heterocycles. The first-order valence-corrected chi connectivity index (χ1v) is 9.82. The summed E-state index contributed by atoms with van der Waals surface area (Å²) in [5.74, 6) is 0.397. The van der Waals surface area contributed by atoms with Crippen LogP contribution in [-0.4, -0.2) is 81.6 Å². The van der Waals surface area contributed by atoms with Gasteiger partial charge in [0.2, 0.25) is 6.10 Å². The lowest BCUT2D eigenvalue weighted by molar-refractivity contribution is -0.142. The maximum Gasteiger partial charge on any atom is 0.290 e. The molecule has 2 aliphatic rings. The maximum absolute atomic E-state index is 12.7. The minimum absolute atomic E-state index is 0.0695. The van der Waals surface area contributed by atoms with Gasteiger partial charge in [0.15, 0.2) is 0 Å². The minimum atomic E-state index is -0.435. The molecule has 156 valence electrons. The molecule has 0 saturated carbocycles. The lowest BCUT2D eigenvalue weighted by Crippen LogP contribution is -2.41. The fourth-order valence-electron chi connectivity index (χ4n) is 3.19. The van der Waals surface area contributed by atoms with Crippen LogP contribution in [0.15, 0.2) is 17.5 Å². The highest BCUT2D eigenvalue weighted by Gasteiger charge is 2.33. The first kappa shape index (κ1) is 22.2. The monoisotopic (exact) mass is 413 g/mol. The van der Waals surface area contributed by atoms with E-state index in [4.69, 9.17) is 26.3 Å². The Bertz CT molecular complexity index is 679. The van der Waals surface area contributed by atoms with Crippen LogP contribution >= 0.6 is 11.6 Å². The van der Waals surface area contributed by atoms with Gasteiger partial charge in [0, 0.05) is 38.8 Å². The standard InChI is InChI=1S/C17H26ClN5O2.CH2O2/c1-13(2)15-10-16(25-20-15)17(24)22-5-3-4-21(6-8-22)7-9-23-12-14(18)11-19-23;2-1-3/h11-13,16H,3-10H2,1-2H3;1H,(H,2,3). The zero-order valence-electron chi connectivity index (χ0n) is 16.3. The van der Waals surface area contributed by atoms with Crippen molar-refractivity contribution < 1.29 is 19.5 Å². The first-order valence-electron chi connectivity index (χ1n) is 9.44. The molecule has 1 unspecified atom stereocenters. The molecular weight excluding hydrogens is 386 g/mol. The molecule has 2 aliphatic heterocycles. The fraction of sp³-hybridized carbons (Fsp3) is 0.667. The number of halogens is 1. The van der Waals surface area contributed by atoms with Crippen molar-refractivity contribution >= 4 is 29.7 Å². The predicted molar refractivity (Wildman–Crippen MR) is 105 cm³/mol. The van der Waals surface area contributed by atoms with Crippen molar-refractivity contribution in [2.45, 2.75) is 39.3 Å². The molecule has 28 heavy (non-hydrogen) atoms. The van der Waals surface area contributed by atoms with Crippen molar-refractivity contribution in [1.29, 1.82) is 0 Å². The summed E-state index contributed by atoms with van der Waals surface area (Å²) in [6, 6.07) is 0. The van der Waals surface area contributed by atoms with Gasteiger partial charge in [0.25, 0.3) is 12.4 Å². The number of amides is 1. The predicted octanol–water partition coefficient (Wildman–Crippen LogP) is 1.57. The van der Waals surface area contributed by atoms with Gasteiger partial charge in [-0.2, -0.15) is 5.10 Å². The molecule has 1 atom stereocenters. The maximum atomic E-state index is 12.7. The number of carbonyl (C=O) groups is 2. The Balaban J connectivity index is 0.000000878. The molecule has 1 saturated heterocycles. The van der Waals surface area contributed by atoms with Crippen LogP contribution in [0, 0.1) is 5.92 Å². The Kier molecular flexibility index (Phi) is 8.72. The van der Waals surface area contributed by atoms with Crippen molar-refractivity contribution in [3.05, 3.63) is 17.4 Å². The smallest absolute Gasteiger partial charge is 0.290 e. The van der Waals surface area contributed by atoms with Crippen LogP contribution in [0.4, 0.5) is 0 Å².